The van der Waals surface area contributed by atoms with E-state index in [9.17, 15) is 9.90 Å². The van der Waals surface area contributed by atoms with Gasteiger partial charge < -0.3 is 14.7 Å². The lowest BCUT2D eigenvalue weighted by Crippen LogP contribution is -2.36. The van der Waals surface area contributed by atoms with Gasteiger partial charge in [-0.3, -0.25) is 4.79 Å². The summed E-state index contributed by atoms with van der Waals surface area (Å²) in [6, 6.07) is 10.3. The van der Waals surface area contributed by atoms with Gasteiger partial charge in [-0.2, -0.15) is 0 Å². The van der Waals surface area contributed by atoms with E-state index in [0.29, 0.717) is 6.42 Å². The summed E-state index contributed by atoms with van der Waals surface area (Å²) in [5.41, 5.74) is 4.05. The molecule has 4 nitrogen and oxygen atoms in total. The number of aliphatic carboxylic acids is 1. The zero-order chi connectivity index (χ0) is 16.8. The number of nitrogens with zero attached hydrogens (tertiary/aromatic N) is 1. The first-order valence-electron chi connectivity index (χ1n) is 9.04. The van der Waals surface area contributed by atoms with E-state index in [1.54, 1.807) is 0 Å². The maximum Gasteiger partial charge on any atom is 0.306 e. The molecular weight excluding hydrogens is 302 g/mol. The average Bonchev–Trinajstić information content (AvgIpc) is 3.44. The molecule has 1 aromatic carbocycles. The second-order valence-electron chi connectivity index (χ2n) is 6.77. The molecule has 1 saturated heterocycles. The van der Waals surface area contributed by atoms with Crippen molar-refractivity contribution in [1.29, 1.82) is 0 Å². The van der Waals surface area contributed by atoms with Crippen LogP contribution < -0.4 is 0 Å². The third-order valence-electron chi connectivity index (χ3n) is 4.95. The molecule has 1 saturated carbocycles. The zero-order valence-electron chi connectivity index (χ0n) is 14.2. The molecule has 1 atom stereocenters. The predicted molar refractivity (Wildman–Crippen MR) is 93.8 cm³/mol. The molecule has 4 heteroatoms. The molecule has 1 N–H and O–H groups in total. The van der Waals surface area contributed by atoms with Gasteiger partial charge in [-0.1, -0.05) is 35.9 Å². The minimum Gasteiger partial charge on any atom is -0.481 e. The fourth-order valence-electron chi connectivity index (χ4n) is 3.42. The number of carboxylic acid groups (broad SMARTS) is 1. The normalized spacial score (nSPS) is 18.3. The van der Waals surface area contributed by atoms with Crippen molar-refractivity contribution in [1.82, 2.24) is 4.90 Å². The number of allylic oxidation sites excluding steroid dienone is 2. The quantitative estimate of drug-likeness (QED) is 0.793. The van der Waals surface area contributed by atoms with Crippen molar-refractivity contribution in [3.63, 3.8) is 0 Å². The van der Waals surface area contributed by atoms with Gasteiger partial charge in [0.15, 0.2) is 0 Å². The Morgan fingerprint density at radius 1 is 1.17 bits per heavy atom. The molecule has 2 fully saturated rings. The van der Waals surface area contributed by atoms with E-state index in [-0.39, 0.29) is 5.92 Å². The molecule has 3 rings (SSSR count). The number of hydrogen-bond donors (Lipinski definition) is 1. The van der Waals surface area contributed by atoms with E-state index in [1.807, 2.05) is 18.2 Å². The van der Waals surface area contributed by atoms with Crippen LogP contribution in [0, 0.1) is 5.92 Å². The molecule has 24 heavy (non-hydrogen) atoms. The predicted octanol–water partition coefficient (Wildman–Crippen LogP) is 3.48. The second kappa shape index (κ2) is 8.34. The third kappa shape index (κ3) is 4.84. The molecule has 0 spiro atoms. The third-order valence-corrected chi connectivity index (χ3v) is 4.95. The largest absolute Gasteiger partial charge is 0.481 e. The highest BCUT2D eigenvalue weighted by atomic mass is 16.5. The Balaban J connectivity index is 1.56. The van der Waals surface area contributed by atoms with E-state index < -0.39 is 5.97 Å². The lowest BCUT2D eigenvalue weighted by atomic mass is 9.94. The lowest BCUT2D eigenvalue weighted by molar-refractivity contribution is -0.142. The number of rotatable bonds is 8. The highest BCUT2D eigenvalue weighted by Crippen LogP contribution is 2.37. The summed E-state index contributed by atoms with van der Waals surface area (Å²) in [5, 5.41) is 9.65. The van der Waals surface area contributed by atoms with Crippen molar-refractivity contribution < 1.29 is 14.6 Å². The van der Waals surface area contributed by atoms with E-state index in [2.05, 4.69) is 17.0 Å². The van der Waals surface area contributed by atoms with Gasteiger partial charge in [-0.25, -0.2) is 0 Å². The van der Waals surface area contributed by atoms with Crippen LogP contribution in [0.15, 0.2) is 41.6 Å². The van der Waals surface area contributed by atoms with Gasteiger partial charge >= 0.3 is 5.97 Å². The Hall–Kier alpha value is -1.81. The molecule has 0 radical (unpaired) electrons. The minimum absolute atomic E-state index is 0.278. The van der Waals surface area contributed by atoms with Gasteiger partial charge in [-0.15, -0.1) is 0 Å². The standard InChI is InChI=1S/C20H27NO3/c22-20(23)18(8-4-7-16-5-2-1-3-6-16)15-19(17-9-10-17)21-11-13-24-14-12-21/h1-3,5-6,18H,4,7-15H2,(H,22,23). The minimum atomic E-state index is -0.657. The summed E-state index contributed by atoms with van der Waals surface area (Å²) in [4.78, 5) is 14.1. The molecule has 130 valence electrons. The summed E-state index contributed by atoms with van der Waals surface area (Å²) in [6.45, 7) is 3.30. The molecule has 1 aliphatic heterocycles. The van der Waals surface area contributed by atoms with Crippen LogP contribution in [0.1, 0.15) is 37.7 Å². The van der Waals surface area contributed by atoms with E-state index in [1.165, 1.54) is 16.8 Å². The van der Waals surface area contributed by atoms with Crippen molar-refractivity contribution in [2.45, 2.75) is 38.5 Å². The summed E-state index contributed by atoms with van der Waals surface area (Å²) in [7, 11) is 0. The first-order valence-corrected chi connectivity index (χ1v) is 9.04. The van der Waals surface area contributed by atoms with Crippen LogP contribution >= 0.6 is 0 Å². The lowest BCUT2D eigenvalue weighted by Gasteiger charge is -2.32. The highest BCUT2D eigenvalue weighted by molar-refractivity contribution is 5.70. The summed E-state index contributed by atoms with van der Waals surface area (Å²) in [6.07, 6.45) is 5.58. The molecule has 1 aliphatic carbocycles. The van der Waals surface area contributed by atoms with Crippen LogP contribution in [0.2, 0.25) is 0 Å². The van der Waals surface area contributed by atoms with Crippen LogP contribution in [-0.2, 0) is 16.0 Å². The summed E-state index contributed by atoms with van der Waals surface area (Å²) in [5.74, 6) is -0.935. The maximum atomic E-state index is 11.7. The van der Waals surface area contributed by atoms with Crippen LogP contribution in [0.4, 0.5) is 0 Å². The molecular formula is C20H27NO3. The Morgan fingerprint density at radius 3 is 2.50 bits per heavy atom. The van der Waals surface area contributed by atoms with E-state index in [0.717, 1.165) is 58.4 Å². The topological polar surface area (TPSA) is 49.8 Å². The van der Waals surface area contributed by atoms with Crippen molar-refractivity contribution >= 4 is 5.97 Å². The SMILES string of the molecule is O=C(O)C(CCCc1ccccc1)CC(=C1CC1)N1CCOCC1. The first-order chi connectivity index (χ1) is 11.7. The zero-order valence-corrected chi connectivity index (χ0v) is 14.2. The van der Waals surface area contributed by atoms with Crippen LogP contribution in [0.3, 0.4) is 0 Å². The second-order valence-corrected chi connectivity index (χ2v) is 6.77. The van der Waals surface area contributed by atoms with Gasteiger partial charge in [0.25, 0.3) is 0 Å². The average molecular weight is 329 g/mol. The van der Waals surface area contributed by atoms with Gasteiger partial charge in [0, 0.05) is 25.2 Å². The molecule has 0 bridgehead atoms. The van der Waals surface area contributed by atoms with E-state index >= 15 is 0 Å². The van der Waals surface area contributed by atoms with Gasteiger partial charge in [0.2, 0.25) is 0 Å². The summed E-state index contributed by atoms with van der Waals surface area (Å²) < 4.78 is 5.44. The number of carbonyl (C=O) groups is 1. The number of ether oxygens (including phenoxy) is 1. The number of hydrogen-bond acceptors (Lipinski definition) is 3. The Kier molecular flexibility index (Phi) is 5.91. The van der Waals surface area contributed by atoms with Crippen LogP contribution in [-0.4, -0.2) is 42.3 Å². The molecule has 0 aromatic heterocycles. The molecule has 0 amide bonds. The molecule has 1 heterocycles. The Labute approximate surface area is 144 Å². The van der Waals surface area contributed by atoms with Crippen LogP contribution in [0.25, 0.3) is 0 Å². The Morgan fingerprint density at radius 2 is 1.88 bits per heavy atom. The molecule has 1 aromatic rings. The fourth-order valence-corrected chi connectivity index (χ4v) is 3.42. The van der Waals surface area contributed by atoms with Crippen molar-refractivity contribution in [3.05, 3.63) is 47.2 Å². The smallest absolute Gasteiger partial charge is 0.306 e. The van der Waals surface area contributed by atoms with Crippen molar-refractivity contribution in [2.75, 3.05) is 26.3 Å². The highest BCUT2D eigenvalue weighted by Gasteiger charge is 2.28. The molecule has 1 unspecified atom stereocenters. The molecule has 2 aliphatic rings. The Bertz CT molecular complexity index is 570. The fraction of sp³-hybridized carbons (Fsp3) is 0.550. The van der Waals surface area contributed by atoms with Crippen LogP contribution in [0.5, 0.6) is 0 Å². The van der Waals surface area contributed by atoms with Gasteiger partial charge in [0.1, 0.15) is 0 Å². The number of aryl methyl sites for hydroxylation is 1. The van der Waals surface area contributed by atoms with Crippen molar-refractivity contribution in [3.8, 4) is 0 Å². The number of carboxylic acids is 1. The number of morpholine rings is 1. The first kappa shape index (κ1) is 17.0. The van der Waals surface area contributed by atoms with Crippen molar-refractivity contribution in [2.24, 2.45) is 5.92 Å². The maximum absolute atomic E-state index is 11.7. The van der Waals surface area contributed by atoms with Gasteiger partial charge in [0.05, 0.1) is 19.1 Å². The van der Waals surface area contributed by atoms with E-state index in [4.69, 9.17) is 4.74 Å². The monoisotopic (exact) mass is 329 g/mol. The number of benzene rings is 1. The van der Waals surface area contributed by atoms with Gasteiger partial charge in [-0.05, 0) is 37.7 Å². The summed E-state index contributed by atoms with van der Waals surface area (Å²) >= 11 is 0.